The molecule has 2 aromatic rings. The number of ether oxygens (including phenoxy) is 2. The molecule has 0 saturated heterocycles. The molecular formula is C19H24N2O3. The first-order valence-corrected chi connectivity index (χ1v) is 8.06. The van der Waals surface area contributed by atoms with Gasteiger partial charge in [0.2, 0.25) is 5.91 Å². The maximum atomic E-state index is 12.2. The van der Waals surface area contributed by atoms with E-state index >= 15 is 0 Å². The van der Waals surface area contributed by atoms with Crippen LogP contribution in [0.4, 0.5) is 5.69 Å². The van der Waals surface area contributed by atoms with Crippen molar-refractivity contribution in [3.63, 3.8) is 0 Å². The quantitative estimate of drug-likeness (QED) is 0.769. The maximum absolute atomic E-state index is 12.2. The molecule has 0 unspecified atom stereocenters. The van der Waals surface area contributed by atoms with Crippen LogP contribution in [-0.4, -0.2) is 44.2 Å². The largest absolute Gasteiger partial charge is 0.495 e. The molecule has 0 aliphatic heterocycles. The van der Waals surface area contributed by atoms with E-state index in [9.17, 15) is 4.79 Å². The highest BCUT2D eigenvalue weighted by Crippen LogP contribution is 2.22. The Hall–Kier alpha value is -2.53. The smallest absolute Gasteiger partial charge is 0.238 e. The third kappa shape index (κ3) is 5.59. The van der Waals surface area contributed by atoms with Gasteiger partial charge in [-0.05, 0) is 30.8 Å². The second kappa shape index (κ2) is 9.57. The summed E-state index contributed by atoms with van der Waals surface area (Å²) in [6.07, 6.45) is 0. The van der Waals surface area contributed by atoms with Crippen molar-refractivity contribution in [2.45, 2.75) is 6.92 Å². The molecule has 1 amide bonds. The van der Waals surface area contributed by atoms with Crippen molar-refractivity contribution in [1.29, 1.82) is 0 Å². The van der Waals surface area contributed by atoms with E-state index in [2.05, 4.69) is 5.32 Å². The molecule has 128 valence electrons. The van der Waals surface area contributed by atoms with E-state index in [0.29, 0.717) is 31.1 Å². The number of benzene rings is 2. The Kier molecular flexibility index (Phi) is 7.11. The van der Waals surface area contributed by atoms with Crippen molar-refractivity contribution in [1.82, 2.24) is 4.90 Å². The molecular weight excluding hydrogens is 304 g/mol. The van der Waals surface area contributed by atoms with Gasteiger partial charge in [0.05, 0.1) is 19.3 Å². The van der Waals surface area contributed by atoms with Crippen LogP contribution in [0.2, 0.25) is 0 Å². The monoisotopic (exact) mass is 328 g/mol. The summed E-state index contributed by atoms with van der Waals surface area (Å²) in [6, 6.07) is 17.0. The number of methoxy groups -OCH3 is 1. The first-order valence-electron chi connectivity index (χ1n) is 8.06. The van der Waals surface area contributed by atoms with Gasteiger partial charge in [0, 0.05) is 6.54 Å². The molecule has 0 radical (unpaired) electrons. The van der Waals surface area contributed by atoms with Crippen molar-refractivity contribution in [3.8, 4) is 11.5 Å². The van der Waals surface area contributed by atoms with Gasteiger partial charge in [-0.2, -0.15) is 0 Å². The van der Waals surface area contributed by atoms with Crippen LogP contribution in [0.1, 0.15) is 6.92 Å². The fraction of sp³-hybridized carbons (Fsp3) is 0.316. The first-order chi connectivity index (χ1) is 11.7. The number of anilines is 1. The van der Waals surface area contributed by atoms with Gasteiger partial charge in [-0.15, -0.1) is 0 Å². The fourth-order valence-corrected chi connectivity index (χ4v) is 2.30. The molecule has 0 aromatic heterocycles. The van der Waals surface area contributed by atoms with E-state index in [-0.39, 0.29) is 5.91 Å². The number of nitrogens with zero attached hydrogens (tertiary/aromatic N) is 1. The van der Waals surface area contributed by atoms with Crippen molar-refractivity contribution >= 4 is 11.6 Å². The second-order valence-electron chi connectivity index (χ2n) is 5.28. The highest BCUT2D eigenvalue weighted by Gasteiger charge is 2.11. The number of carbonyl (C=O) groups excluding carboxylic acids is 1. The molecule has 0 aliphatic rings. The number of nitrogens with one attached hydrogen (secondary N) is 1. The van der Waals surface area contributed by atoms with Gasteiger partial charge in [0.25, 0.3) is 0 Å². The zero-order valence-corrected chi connectivity index (χ0v) is 14.2. The number of hydrogen-bond acceptors (Lipinski definition) is 4. The lowest BCUT2D eigenvalue weighted by Gasteiger charge is -2.20. The number of carbonyl (C=O) groups is 1. The molecule has 2 aromatic carbocycles. The second-order valence-corrected chi connectivity index (χ2v) is 5.28. The Morgan fingerprint density at radius 2 is 1.79 bits per heavy atom. The Bertz CT molecular complexity index is 632. The van der Waals surface area contributed by atoms with Crippen LogP contribution in [0.5, 0.6) is 11.5 Å². The van der Waals surface area contributed by atoms with E-state index in [1.807, 2.05) is 66.4 Å². The van der Waals surface area contributed by atoms with Gasteiger partial charge in [-0.1, -0.05) is 37.3 Å². The molecule has 24 heavy (non-hydrogen) atoms. The topological polar surface area (TPSA) is 50.8 Å². The SMILES string of the molecule is CCN(CCOc1ccccc1)CC(=O)Nc1ccccc1OC. The molecule has 5 nitrogen and oxygen atoms in total. The average molecular weight is 328 g/mol. The van der Waals surface area contributed by atoms with Crippen molar-refractivity contribution in [2.75, 3.05) is 38.7 Å². The van der Waals surface area contributed by atoms with Crippen LogP contribution >= 0.6 is 0 Å². The minimum absolute atomic E-state index is 0.0685. The molecule has 0 atom stereocenters. The molecule has 0 aliphatic carbocycles. The van der Waals surface area contributed by atoms with Crippen LogP contribution in [0.3, 0.4) is 0 Å². The lowest BCUT2D eigenvalue weighted by atomic mass is 10.3. The van der Waals surface area contributed by atoms with E-state index in [0.717, 1.165) is 12.3 Å². The molecule has 0 spiro atoms. The number of hydrogen-bond donors (Lipinski definition) is 1. The maximum Gasteiger partial charge on any atom is 0.238 e. The van der Waals surface area contributed by atoms with Crippen LogP contribution in [0, 0.1) is 0 Å². The number of amides is 1. The summed E-state index contributed by atoms with van der Waals surface area (Å²) < 4.78 is 10.9. The highest BCUT2D eigenvalue weighted by atomic mass is 16.5. The molecule has 1 N–H and O–H groups in total. The van der Waals surface area contributed by atoms with E-state index in [4.69, 9.17) is 9.47 Å². The van der Waals surface area contributed by atoms with Gasteiger partial charge < -0.3 is 14.8 Å². The lowest BCUT2D eigenvalue weighted by molar-refractivity contribution is -0.117. The number of likely N-dealkylation sites (N-methyl/N-ethyl adjacent to an activating group) is 1. The van der Waals surface area contributed by atoms with Gasteiger partial charge >= 0.3 is 0 Å². The predicted molar refractivity (Wildman–Crippen MR) is 95.7 cm³/mol. The van der Waals surface area contributed by atoms with Crippen LogP contribution in [-0.2, 0) is 4.79 Å². The van der Waals surface area contributed by atoms with Gasteiger partial charge in [-0.25, -0.2) is 0 Å². The summed E-state index contributed by atoms with van der Waals surface area (Å²) in [6.45, 7) is 4.34. The van der Waals surface area contributed by atoms with Crippen LogP contribution in [0.15, 0.2) is 54.6 Å². The van der Waals surface area contributed by atoms with Gasteiger partial charge in [-0.3, -0.25) is 9.69 Å². The Morgan fingerprint density at radius 3 is 2.50 bits per heavy atom. The van der Waals surface area contributed by atoms with E-state index in [1.165, 1.54) is 0 Å². The molecule has 0 saturated carbocycles. The Morgan fingerprint density at radius 1 is 1.08 bits per heavy atom. The van der Waals surface area contributed by atoms with E-state index < -0.39 is 0 Å². The predicted octanol–water partition coefficient (Wildman–Crippen LogP) is 3.03. The minimum atomic E-state index is -0.0685. The summed E-state index contributed by atoms with van der Waals surface area (Å²) in [5.74, 6) is 1.43. The van der Waals surface area contributed by atoms with Gasteiger partial charge in [0.1, 0.15) is 18.1 Å². The average Bonchev–Trinajstić information content (AvgIpc) is 2.62. The molecule has 0 heterocycles. The summed E-state index contributed by atoms with van der Waals surface area (Å²) in [5, 5.41) is 2.89. The van der Waals surface area contributed by atoms with Crippen LogP contribution in [0.25, 0.3) is 0 Å². The lowest BCUT2D eigenvalue weighted by Crippen LogP contribution is -2.36. The molecule has 0 bridgehead atoms. The fourth-order valence-electron chi connectivity index (χ4n) is 2.30. The van der Waals surface area contributed by atoms with Crippen LogP contribution < -0.4 is 14.8 Å². The third-order valence-electron chi connectivity index (χ3n) is 3.61. The molecule has 2 rings (SSSR count). The minimum Gasteiger partial charge on any atom is -0.495 e. The molecule has 5 heteroatoms. The number of para-hydroxylation sites is 3. The molecule has 0 fully saturated rings. The van der Waals surface area contributed by atoms with Crippen molar-refractivity contribution in [2.24, 2.45) is 0 Å². The first kappa shape index (κ1) is 17.8. The zero-order chi connectivity index (χ0) is 17.2. The highest BCUT2D eigenvalue weighted by molar-refractivity contribution is 5.93. The summed E-state index contributed by atoms with van der Waals surface area (Å²) in [5.41, 5.74) is 0.682. The third-order valence-corrected chi connectivity index (χ3v) is 3.61. The summed E-state index contributed by atoms with van der Waals surface area (Å²) >= 11 is 0. The normalized spacial score (nSPS) is 10.5. The van der Waals surface area contributed by atoms with E-state index in [1.54, 1.807) is 7.11 Å². The zero-order valence-electron chi connectivity index (χ0n) is 14.2. The van der Waals surface area contributed by atoms with Crippen molar-refractivity contribution < 1.29 is 14.3 Å². The Labute approximate surface area is 143 Å². The summed E-state index contributed by atoms with van der Waals surface area (Å²) in [4.78, 5) is 14.3. The van der Waals surface area contributed by atoms with Crippen molar-refractivity contribution in [3.05, 3.63) is 54.6 Å². The standard InChI is InChI=1S/C19H24N2O3/c1-3-21(13-14-24-16-9-5-4-6-10-16)15-19(22)20-17-11-7-8-12-18(17)23-2/h4-12H,3,13-15H2,1-2H3,(H,20,22). The number of rotatable bonds is 9. The Balaban J connectivity index is 1.80. The summed E-state index contributed by atoms with van der Waals surface area (Å²) in [7, 11) is 1.59. The van der Waals surface area contributed by atoms with Gasteiger partial charge in [0.15, 0.2) is 0 Å².